The van der Waals surface area contributed by atoms with Gasteiger partial charge >= 0.3 is 0 Å². The Hall–Kier alpha value is -0.320. The van der Waals surface area contributed by atoms with Crippen molar-refractivity contribution in [2.24, 2.45) is 5.92 Å². The summed E-state index contributed by atoms with van der Waals surface area (Å²) in [7, 11) is 0. The first-order valence-electron chi connectivity index (χ1n) is 6.30. The minimum atomic E-state index is 0.595. The predicted octanol–water partition coefficient (Wildman–Crippen LogP) is 4.77. The highest BCUT2D eigenvalue weighted by Gasteiger charge is 2.15. The number of aromatic nitrogens is 2. The highest BCUT2D eigenvalue weighted by Crippen LogP contribution is 2.30. The quantitative estimate of drug-likeness (QED) is 0.761. The van der Waals surface area contributed by atoms with Gasteiger partial charge < -0.3 is 0 Å². The molecular formula is C13H15ClN2S2. The smallest absolute Gasteiger partial charge is 0.141 e. The summed E-state index contributed by atoms with van der Waals surface area (Å²) >= 11 is 9.73. The normalized spacial score (nSPS) is 16.7. The SMILES string of the molecule is Clc1nc(CSCC2CCCC2)nc2sccc12. The molecule has 2 heterocycles. The Labute approximate surface area is 120 Å². The molecule has 0 N–H and O–H groups in total. The molecule has 1 aliphatic rings. The van der Waals surface area contributed by atoms with Crippen LogP contribution in [0.2, 0.25) is 5.15 Å². The van der Waals surface area contributed by atoms with Crippen molar-refractivity contribution < 1.29 is 0 Å². The van der Waals surface area contributed by atoms with Gasteiger partial charge in [-0.05, 0) is 36.0 Å². The molecule has 0 unspecified atom stereocenters. The van der Waals surface area contributed by atoms with Crippen LogP contribution in [0.15, 0.2) is 11.4 Å². The van der Waals surface area contributed by atoms with E-state index in [1.807, 2.05) is 23.2 Å². The van der Waals surface area contributed by atoms with Crippen molar-refractivity contribution >= 4 is 44.9 Å². The largest absolute Gasteiger partial charge is 0.221 e. The Bertz CT molecular complexity index is 535. The van der Waals surface area contributed by atoms with Crippen LogP contribution in [0.4, 0.5) is 0 Å². The Kier molecular flexibility index (Phi) is 4.07. The number of rotatable bonds is 4. The molecule has 1 saturated carbocycles. The number of nitrogens with zero attached hydrogens (tertiary/aromatic N) is 2. The topological polar surface area (TPSA) is 25.8 Å². The van der Waals surface area contributed by atoms with Gasteiger partial charge in [0.25, 0.3) is 0 Å². The summed E-state index contributed by atoms with van der Waals surface area (Å²) < 4.78 is 0. The second kappa shape index (κ2) is 5.76. The zero-order valence-electron chi connectivity index (χ0n) is 10.1. The van der Waals surface area contributed by atoms with Gasteiger partial charge in [-0.1, -0.05) is 24.4 Å². The highest BCUT2D eigenvalue weighted by molar-refractivity contribution is 7.98. The lowest BCUT2D eigenvalue weighted by Crippen LogP contribution is -1.99. The second-order valence-electron chi connectivity index (χ2n) is 4.74. The zero-order chi connectivity index (χ0) is 12.4. The third kappa shape index (κ3) is 2.81. The Morgan fingerprint density at radius 2 is 2.17 bits per heavy atom. The van der Waals surface area contributed by atoms with Gasteiger partial charge in [-0.3, -0.25) is 0 Å². The fourth-order valence-corrected chi connectivity index (χ4v) is 4.60. The molecule has 0 amide bonds. The third-order valence-corrected chi connectivity index (χ3v) is 5.65. The van der Waals surface area contributed by atoms with Crippen molar-refractivity contribution in [3.63, 3.8) is 0 Å². The summed E-state index contributed by atoms with van der Waals surface area (Å²) in [4.78, 5) is 9.95. The molecule has 2 aromatic rings. The van der Waals surface area contributed by atoms with Gasteiger partial charge in [0.1, 0.15) is 15.8 Å². The van der Waals surface area contributed by atoms with Crippen LogP contribution in [0.1, 0.15) is 31.5 Å². The minimum Gasteiger partial charge on any atom is -0.221 e. The van der Waals surface area contributed by atoms with Gasteiger partial charge in [0.15, 0.2) is 0 Å². The van der Waals surface area contributed by atoms with Crippen molar-refractivity contribution in [2.75, 3.05) is 5.75 Å². The summed E-state index contributed by atoms with van der Waals surface area (Å²) in [6.07, 6.45) is 5.63. The number of thiophene rings is 1. The van der Waals surface area contributed by atoms with Crippen LogP contribution < -0.4 is 0 Å². The number of hydrogen-bond acceptors (Lipinski definition) is 4. The third-order valence-electron chi connectivity index (χ3n) is 3.38. The van der Waals surface area contributed by atoms with Gasteiger partial charge in [-0.25, -0.2) is 9.97 Å². The molecule has 0 bridgehead atoms. The molecule has 2 nitrogen and oxygen atoms in total. The average molecular weight is 299 g/mol. The van der Waals surface area contributed by atoms with Gasteiger partial charge in [-0.15, -0.1) is 11.3 Å². The molecule has 0 atom stereocenters. The molecule has 18 heavy (non-hydrogen) atoms. The van der Waals surface area contributed by atoms with E-state index in [-0.39, 0.29) is 0 Å². The summed E-state index contributed by atoms with van der Waals surface area (Å²) in [6.45, 7) is 0. The first-order valence-corrected chi connectivity index (χ1v) is 8.71. The van der Waals surface area contributed by atoms with Crippen molar-refractivity contribution in [2.45, 2.75) is 31.4 Å². The zero-order valence-corrected chi connectivity index (χ0v) is 12.5. The number of thioether (sulfide) groups is 1. The molecule has 0 aromatic carbocycles. The first-order chi connectivity index (χ1) is 8.83. The summed E-state index contributed by atoms with van der Waals surface area (Å²) in [5.74, 6) is 3.90. The molecule has 1 fully saturated rings. The fraction of sp³-hybridized carbons (Fsp3) is 0.538. The lowest BCUT2D eigenvalue weighted by Gasteiger charge is -2.07. The Morgan fingerprint density at radius 3 is 3.00 bits per heavy atom. The van der Waals surface area contributed by atoms with Crippen molar-refractivity contribution in [1.29, 1.82) is 0 Å². The Morgan fingerprint density at radius 1 is 1.33 bits per heavy atom. The number of halogens is 1. The predicted molar refractivity (Wildman–Crippen MR) is 80.5 cm³/mol. The molecule has 5 heteroatoms. The van der Waals surface area contributed by atoms with E-state index in [2.05, 4.69) is 9.97 Å². The van der Waals surface area contributed by atoms with Crippen molar-refractivity contribution in [3.05, 3.63) is 22.4 Å². The van der Waals surface area contributed by atoms with E-state index in [1.165, 1.54) is 31.4 Å². The van der Waals surface area contributed by atoms with Gasteiger partial charge in [0.05, 0.1) is 5.75 Å². The van der Waals surface area contributed by atoms with E-state index < -0.39 is 0 Å². The first kappa shape index (κ1) is 12.7. The van der Waals surface area contributed by atoms with E-state index in [9.17, 15) is 0 Å². The van der Waals surface area contributed by atoms with E-state index in [1.54, 1.807) is 11.3 Å². The van der Waals surface area contributed by atoms with Gasteiger partial charge in [0, 0.05) is 5.39 Å². The van der Waals surface area contributed by atoms with Crippen LogP contribution in [0.5, 0.6) is 0 Å². The minimum absolute atomic E-state index is 0.595. The molecule has 3 rings (SSSR count). The van der Waals surface area contributed by atoms with Crippen LogP contribution in [0, 0.1) is 5.92 Å². The fourth-order valence-electron chi connectivity index (χ4n) is 2.42. The standard InChI is InChI=1S/C13H15ClN2S2/c14-12-10-5-6-18-13(10)16-11(15-12)8-17-7-9-3-1-2-4-9/h5-6,9H,1-4,7-8H2. The monoisotopic (exact) mass is 298 g/mol. The summed E-state index contributed by atoms with van der Waals surface area (Å²) in [6, 6.07) is 1.98. The maximum absolute atomic E-state index is 6.16. The van der Waals surface area contributed by atoms with Crippen LogP contribution in [0.25, 0.3) is 10.2 Å². The molecule has 0 spiro atoms. The number of hydrogen-bond donors (Lipinski definition) is 0. The van der Waals surface area contributed by atoms with Crippen molar-refractivity contribution in [3.8, 4) is 0 Å². The van der Waals surface area contributed by atoms with Gasteiger partial charge in [0.2, 0.25) is 0 Å². The van der Waals surface area contributed by atoms with Gasteiger partial charge in [-0.2, -0.15) is 11.8 Å². The Balaban J connectivity index is 1.63. The second-order valence-corrected chi connectivity index (χ2v) is 7.02. The molecule has 1 aliphatic carbocycles. The number of fused-ring (bicyclic) bond motifs is 1. The summed E-state index contributed by atoms with van der Waals surface area (Å²) in [5, 5.41) is 3.59. The molecule has 0 saturated heterocycles. The lowest BCUT2D eigenvalue weighted by atomic mass is 10.1. The van der Waals surface area contributed by atoms with E-state index in [4.69, 9.17) is 11.6 Å². The van der Waals surface area contributed by atoms with Crippen LogP contribution >= 0.6 is 34.7 Å². The summed E-state index contributed by atoms with van der Waals surface area (Å²) in [5.41, 5.74) is 0. The van der Waals surface area contributed by atoms with Crippen LogP contribution in [-0.4, -0.2) is 15.7 Å². The molecule has 0 aliphatic heterocycles. The van der Waals surface area contributed by atoms with E-state index in [0.717, 1.165) is 27.7 Å². The molecule has 2 aromatic heterocycles. The molecule has 96 valence electrons. The van der Waals surface area contributed by atoms with Crippen molar-refractivity contribution in [1.82, 2.24) is 9.97 Å². The van der Waals surface area contributed by atoms with E-state index >= 15 is 0 Å². The lowest BCUT2D eigenvalue weighted by molar-refractivity contribution is 0.623. The average Bonchev–Trinajstić information content (AvgIpc) is 2.99. The highest BCUT2D eigenvalue weighted by atomic mass is 35.5. The van der Waals surface area contributed by atoms with Crippen LogP contribution in [-0.2, 0) is 5.75 Å². The van der Waals surface area contributed by atoms with E-state index in [0.29, 0.717) is 5.15 Å². The molecule has 0 radical (unpaired) electrons. The van der Waals surface area contributed by atoms with Crippen LogP contribution in [0.3, 0.4) is 0 Å². The maximum atomic E-state index is 6.16. The maximum Gasteiger partial charge on any atom is 0.141 e. The molecular weight excluding hydrogens is 284 g/mol.